The van der Waals surface area contributed by atoms with Crippen LogP contribution in [-0.2, 0) is 24.2 Å². The van der Waals surface area contributed by atoms with Crippen LogP contribution in [0.25, 0.3) is 22.0 Å². The second kappa shape index (κ2) is 9.04. The van der Waals surface area contributed by atoms with Crippen LogP contribution >= 0.6 is 11.3 Å². The molecule has 1 amide bonds. The van der Waals surface area contributed by atoms with Crippen molar-refractivity contribution >= 4 is 22.9 Å². The van der Waals surface area contributed by atoms with Crippen LogP contribution in [0.2, 0.25) is 0 Å². The molecule has 1 N–H and O–H groups in total. The summed E-state index contributed by atoms with van der Waals surface area (Å²) in [5.41, 5.74) is 4.80. The largest absolute Gasteiger partial charge is 0.326 e. The third-order valence-electron chi connectivity index (χ3n) is 5.71. The van der Waals surface area contributed by atoms with E-state index in [2.05, 4.69) is 56.3 Å². The molecular weight excluding hydrogens is 418 g/mol. The van der Waals surface area contributed by atoms with E-state index in [-0.39, 0.29) is 12.3 Å². The van der Waals surface area contributed by atoms with E-state index in [1.165, 1.54) is 12.0 Å². The molecule has 4 aromatic rings. The lowest BCUT2D eigenvalue weighted by atomic mass is 10.1. The molecule has 0 aliphatic carbocycles. The number of carbonyl (C=O) groups excluding carboxylic acids is 1. The fourth-order valence-corrected chi connectivity index (χ4v) is 4.85. The maximum absolute atomic E-state index is 12.7. The molecule has 162 valence electrons. The molecule has 0 saturated carbocycles. The monoisotopic (exact) mass is 443 g/mol. The first kappa shape index (κ1) is 20.6. The molecule has 6 nitrogen and oxygen atoms in total. The van der Waals surface area contributed by atoms with Gasteiger partial charge in [0, 0.05) is 35.2 Å². The molecule has 5 rings (SSSR count). The smallest absolute Gasteiger partial charge is 0.230 e. The van der Waals surface area contributed by atoms with Crippen molar-refractivity contribution in [2.45, 2.75) is 45.6 Å². The molecule has 0 spiro atoms. The molecule has 0 atom stereocenters. The minimum Gasteiger partial charge on any atom is -0.326 e. The van der Waals surface area contributed by atoms with Crippen LogP contribution in [0.5, 0.6) is 0 Å². The average Bonchev–Trinajstić information content (AvgIpc) is 3.35. The van der Waals surface area contributed by atoms with Gasteiger partial charge in [0.15, 0.2) is 5.82 Å². The number of hydrogen-bond donors (Lipinski definition) is 1. The molecule has 0 bridgehead atoms. The van der Waals surface area contributed by atoms with Crippen LogP contribution in [0.15, 0.2) is 53.9 Å². The summed E-state index contributed by atoms with van der Waals surface area (Å²) in [6.07, 6.45) is 4.75. The molecule has 7 heteroatoms. The van der Waals surface area contributed by atoms with Crippen molar-refractivity contribution in [2.24, 2.45) is 0 Å². The zero-order valence-electron chi connectivity index (χ0n) is 18.0. The van der Waals surface area contributed by atoms with E-state index < -0.39 is 0 Å². The van der Waals surface area contributed by atoms with Crippen molar-refractivity contribution in [3.63, 3.8) is 0 Å². The minimum atomic E-state index is -0.0806. The Morgan fingerprint density at radius 3 is 2.81 bits per heavy atom. The molecule has 1 aliphatic rings. The average molecular weight is 444 g/mol. The van der Waals surface area contributed by atoms with Crippen LogP contribution in [0.1, 0.15) is 36.3 Å². The summed E-state index contributed by atoms with van der Waals surface area (Å²) < 4.78 is 2.22. The number of carbonyl (C=O) groups is 1. The minimum absolute atomic E-state index is 0.0806. The maximum Gasteiger partial charge on any atom is 0.230 e. The number of thiazole rings is 1. The number of fused-ring (bicyclic) bond motifs is 1. The third kappa shape index (κ3) is 4.48. The van der Waals surface area contributed by atoms with Gasteiger partial charge in [-0.25, -0.2) is 4.98 Å². The lowest BCUT2D eigenvalue weighted by molar-refractivity contribution is -0.115. The van der Waals surface area contributed by atoms with Crippen LogP contribution in [0, 0.1) is 6.92 Å². The lowest BCUT2D eigenvalue weighted by Gasteiger charge is -2.09. The summed E-state index contributed by atoms with van der Waals surface area (Å²) in [5.74, 6) is 1.85. The number of aromatic nitrogens is 4. The van der Waals surface area contributed by atoms with Gasteiger partial charge in [0.05, 0.1) is 12.1 Å². The molecule has 2 aromatic carbocycles. The standard InChI is InChI=1S/C25H25N5OS/c1-17-9-11-18(12-10-17)25-27-21(16-32-25)15-23(31)26-20-7-5-6-19(14-20)24-29-28-22-8-3-2-4-13-30(22)24/h5-7,9-12,14,16H,2-4,8,13,15H2,1H3,(H,26,31). The predicted octanol–water partition coefficient (Wildman–Crippen LogP) is 5.28. The van der Waals surface area contributed by atoms with Gasteiger partial charge in [-0.1, -0.05) is 48.4 Å². The van der Waals surface area contributed by atoms with E-state index in [4.69, 9.17) is 0 Å². The fraction of sp³-hybridized carbons (Fsp3) is 0.280. The number of hydrogen-bond acceptors (Lipinski definition) is 5. The van der Waals surface area contributed by atoms with Crippen molar-refractivity contribution in [1.29, 1.82) is 0 Å². The molecule has 0 saturated heterocycles. The molecular formula is C25H25N5OS. The van der Waals surface area contributed by atoms with Gasteiger partial charge in [0.2, 0.25) is 5.91 Å². The molecule has 2 aromatic heterocycles. The Morgan fingerprint density at radius 1 is 1.06 bits per heavy atom. The van der Waals surface area contributed by atoms with E-state index in [0.717, 1.165) is 65.0 Å². The first-order valence-corrected chi connectivity index (χ1v) is 11.9. The van der Waals surface area contributed by atoms with Crippen LogP contribution in [0.3, 0.4) is 0 Å². The zero-order chi connectivity index (χ0) is 21.9. The van der Waals surface area contributed by atoms with E-state index in [9.17, 15) is 4.79 Å². The third-order valence-corrected chi connectivity index (χ3v) is 6.65. The Bertz CT molecular complexity index is 1240. The Kier molecular flexibility index (Phi) is 5.81. The topological polar surface area (TPSA) is 72.7 Å². The molecule has 1 aliphatic heterocycles. The lowest BCUT2D eigenvalue weighted by Crippen LogP contribution is -2.14. The number of rotatable bonds is 5. The van der Waals surface area contributed by atoms with Crippen molar-refractivity contribution < 1.29 is 4.79 Å². The van der Waals surface area contributed by atoms with Gasteiger partial charge in [-0.2, -0.15) is 0 Å². The second-order valence-corrected chi connectivity index (χ2v) is 9.08. The molecule has 3 heterocycles. The predicted molar refractivity (Wildman–Crippen MR) is 128 cm³/mol. The van der Waals surface area contributed by atoms with Gasteiger partial charge in [0.25, 0.3) is 0 Å². The summed E-state index contributed by atoms with van der Waals surface area (Å²) in [6.45, 7) is 3.01. The van der Waals surface area contributed by atoms with Crippen LogP contribution in [0.4, 0.5) is 5.69 Å². The highest BCUT2D eigenvalue weighted by molar-refractivity contribution is 7.13. The van der Waals surface area contributed by atoms with Gasteiger partial charge in [-0.15, -0.1) is 21.5 Å². The number of nitrogens with zero attached hydrogens (tertiary/aromatic N) is 4. The van der Waals surface area contributed by atoms with Crippen molar-refractivity contribution in [1.82, 2.24) is 19.7 Å². The van der Waals surface area contributed by atoms with Crippen LogP contribution < -0.4 is 5.32 Å². The van der Waals surface area contributed by atoms with E-state index in [0.29, 0.717) is 0 Å². The van der Waals surface area contributed by atoms with Crippen molar-refractivity contribution in [3.05, 3.63) is 71.0 Å². The van der Waals surface area contributed by atoms with E-state index >= 15 is 0 Å². The number of amides is 1. The Hall–Kier alpha value is -3.32. The van der Waals surface area contributed by atoms with Gasteiger partial charge in [-0.3, -0.25) is 4.79 Å². The summed E-state index contributed by atoms with van der Waals surface area (Å²) in [6, 6.07) is 16.1. The molecule has 0 radical (unpaired) electrons. The highest BCUT2D eigenvalue weighted by atomic mass is 32.1. The van der Waals surface area contributed by atoms with Gasteiger partial charge in [0.1, 0.15) is 10.8 Å². The zero-order valence-corrected chi connectivity index (χ0v) is 18.9. The number of aryl methyl sites for hydroxylation is 2. The summed E-state index contributed by atoms with van der Waals surface area (Å²) >= 11 is 1.56. The van der Waals surface area contributed by atoms with Gasteiger partial charge >= 0.3 is 0 Å². The molecule has 0 unspecified atom stereocenters. The number of benzene rings is 2. The Morgan fingerprint density at radius 2 is 1.94 bits per heavy atom. The van der Waals surface area contributed by atoms with Crippen molar-refractivity contribution in [3.8, 4) is 22.0 Å². The quantitative estimate of drug-likeness (QED) is 0.455. The molecule has 32 heavy (non-hydrogen) atoms. The summed E-state index contributed by atoms with van der Waals surface area (Å²) in [7, 11) is 0. The van der Waals surface area contributed by atoms with E-state index in [1.807, 2.05) is 29.6 Å². The Balaban J connectivity index is 1.28. The first-order valence-electron chi connectivity index (χ1n) is 11.0. The summed E-state index contributed by atoms with van der Waals surface area (Å²) in [5, 5.41) is 14.7. The van der Waals surface area contributed by atoms with Gasteiger partial charge < -0.3 is 9.88 Å². The SMILES string of the molecule is Cc1ccc(-c2nc(CC(=O)Nc3cccc(-c4nnc5n4CCCCC5)c3)cs2)cc1. The maximum atomic E-state index is 12.7. The highest BCUT2D eigenvalue weighted by Crippen LogP contribution is 2.26. The van der Waals surface area contributed by atoms with Gasteiger partial charge in [-0.05, 0) is 31.9 Å². The summed E-state index contributed by atoms with van der Waals surface area (Å²) in [4.78, 5) is 17.3. The van der Waals surface area contributed by atoms with Crippen LogP contribution in [-0.4, -0.2) is 25.7 Å². The fourth-order valence-electron chi connectivity index (χ4n) is 4.02. The first-order chi connectivity index (χ1) is 15.7. The number of anilines is 1. The van der Waals surface area contributed by atoms with E-state index in [1.54, 1.807) is 11.3 Å². The second-order valence-electron chi connectivity index (χ2n) is 8.22. The normalized spacial score (nSPS) is 13.4. The molecule has 0 fully saturated rings. The highest BCUT2D eigenvalue weighted by Gasteiger charge is 2.16. The van der Waals surface area contributed by atoms with Crippen molar-refractivity contribution in [2.75, 3.05) is 5.32 Å². The Labute approximate surface area is 191 Å². The number of nitrogens with one attached hydrogen (secondary N) is 1.